The van der Waals surface area contributed by atoms with Gasteiger partial charge in [-0.1, -0.05) is 12.1 Å². The number of fused-ring (bicyclic) bond motifs is 1. The third kappa shape index (κ3) is 2.03. The summed E-state index contributed by atoms with van der Waals surface area (Å²) in [7, 11) is 0. The second kappa shape index (κ2) is 5.01. The van der Waals surface area contributed by atoms with E-state index in [-0.39, 0.29) is 24.8 Å². The molecule has 0 bridgehead atoms. The molecule has 0 spiro atoms. The van der Waals surface area contributed by atoms with E-state index in [4.69, 9.17) is 22.9 Å². The molecule has 0 saturated carbocycles. The van der Waals surface area contributed by atoms with Crippen LogP contribution >= 0.6 is 24.8 Å². The van der Waals surface area contributed by atoms with Gasteiger partial charge in [-0.2, -0.15) is 0 Å². The van der Waals surface area contributed by atoms with Gasteiger partial charge < -0.3 is 22.9 Å². The lowest BCUT2D eigenvalue weighted by molar-refractivity contribution is 1.68. The molecule has 6 heteroatoms. The minimum Gasteiger partial charge on any atom is -0.397 e. The van der Waals surface area contributed by atoms with Gasteiger partial charge in [0.2, 0.25) is 0 Å². The van der Waals surface area contributed by atoms with E-state index in [1.165, 1.54) is 0 Å². The molecule has 2 aromatic rings. The van der Waals surface area contributed by atoms with Crippen molar-refractivity contribution in [1.82, 2.24) is 0 Å². The Bertz CT molecular complexity index is 466. The second-order valence-corrected chi connectivity index (χ2v) is 3.23. The minimum absolute atomic E-state index is 0. The van der Waals surface area contributed by atoms with Gasteiger partial charge in [-0.15, -0.1) is 24.8 Å². The van der Waals surface area contributed by atoms with Crippen LogP contribution in [0.4, 0.5) is 22.7 Å². The molecule has 0 aliphatic heterocycles. The number of nitrogens with two attached hydrogens (primary N) is 4. The van der Waals surface area contributed by atoms with Crippen molar-refractivity contribution in [1.29, 1.82) is 0 Å². The molecule has 8 N–H and O–H groups in total. The Morgan fingerprint density at radius 1 is 0.562 bits per heavy atom. The Hall–Kier alpha value is -1.52. The molecule has 0 saturated heterocycles. The number of halogens is 2. The van der Waals surface area contributed by atoms with E-state index in [0.29, 0.717) is 22.7 Å². The van der Waals surface area contributed by atoms with Crippen LogP contribution < -0.4 is 22.9 Å². The number of anilines is 4. The first-order chi connectivity index (χ1) is 6.61. The maximum atomic E-state index is 5.82. The van der Waals surface area contributed by atoms with Crippen molar-refractivity contribution < 1.29 is 0 Å². The van der Waals surface area contributed by atoms with E-state index in [1.807, 2.05) is 12.1 Å². The van der Waals surface area contributed by atoms with Gasteiger partial charge in [-0.25, -0.2) is 0 Å². The van der Waals surface area contributed by atoms with Crippen molar-refractivity contribution in [2.24, 2.45) is 0 Å². The molecule has 0 atom stereocenters. The number of rotatable bonds is 0. The highest BCUT2D eigenvalue weighted by molar-refractivity contribution is 6.06. The third-order valence-electron chi connectivity index (χ3n) is 2.35. The maximum absolute atomic E-state index is 5.82. The lowest BCUT2D eigenvalue weighted by Crippen LogP contribution is -1.99. The minimum atomic E-state index is 0. The predicted octanol–water partition coefficient (Wildman–Crippen LogP) is 2.01. The van der Waals surface area contributed by atoms with E-state index in [2.05, 4.69) is 0 Å². The Morgan fingerprint density at radius 2 is 0.875 bits per heavy atom. The lowest BCUT2D eigenvalue weighted by Gasteiger charge is -2.09. The lowest BCUT2D eigenvalue weighted by atomic mass is 10.0. The summed E-state index contributed by atoms with van der Waals surface area (Å²) in [6.45, 7) is 0. The fraction of sp³-hybridized carbons (Fsp3) is 0. The Labute approximate surface area is 106 Å². The largest absolute Gasteiger partial charge is 0.397 e. The molecule has 0 unspecified atom stereocenters. The van der Waals surface area contributed by atoms with E-state index >= 15 is 0 Å². The Kier molecular flexibility index (Phi) is 4.53. The molecule has 2 rings (SSSR count). The molecule has 0 radical (unpaired) electrons. The average molecular weight is 261 g/mol. The smallest absolute Gasteiger partial charge is 0.0628 e. The van der Waals surface area contributed by atoms with Crippen molar-refractivity contribution in [3.63, 3.8) is 0 Å². The van der Waals surface area contributed by atoms with Gasteiger partial charge in [-0.3, -0.25) is 0 Å². The van der Waals surface area contributed by atoms with Gasteiger partial charge in [0.15, 0.2) is 0 Å². The van der Waals surface area contributed by atoms with Crippen molar-refractivity contribution in [3.8, 4) is 0 Å². The molecule has 0 heterocycles. The maximum Gasteiger partial charge on any atom is 0.0628 e. The SMILES string of the molecule is Cl.Cl.Nc1ccc2c(N)c(N)ccc2c1N. The van der Waals surface area contributed by atoms with Crippen molar-refractivity contribution >= 4 is 58.3 Å². The number of hydrogen-bond acceptors (Lipinski definition) is 4. The van der Waals surface area contributed by atoms with E-state index in [9.17, 15) is 0 Å². The van der Waals surface area contributed by atoms with E-state index in [0.717, 1.165) is 10.8 Å². The molecule has 4 nitrogen and oxygen atoms in total. The average Bonchev–Trinajstić information content (AvgIpc) is 2.17. The topological polar surface area (TPSA) is 104 Å². The van der Waals surface area contributed by atoms with Crippen LogP contribution in [0, 0.1) is 0 Å². The molecule has 16 heavy (non-hydrogen) atoms. The van der Waals surface area contributed by atoms with Crippen LogP contribution in [0.25, 0.3) is 10.8 Å². The fourth-order valence-corrected chi connectivity index (χ4v) is 1.49. The van der Waals surface area contributed by atoms with Gasteiger partial charge in [0.1, 0.15) is 0 Å². The zero-order valence-electron chi connectivity index (χ0n) is 8.44. The van der Waals surface area contributed by atoms with Crippen LogP contribution in [0.3, 0.4) is 0 Å². The molecule has 2 aromatic carbocycles. The van der Waals surface area contributed by atoms with Gasteiger partial charge in [0, 0.05) is 10.8 Å². The van der Waals surface area contributed by atoms with Gasteiger partial charge in [0.25, 0.3) is 0 Å². The number of nitrogen functional groups attached to an aromatic ring is 4. The number of hydrogen-bond donors (Lipinski definition) is 4. The third-order valence-corrected chi connectivity index (χ3v) is 2.35. The summed E-state index contributed by atoms with van der Waals surface area (Å²) in [6, 6.07) is 7.11. The second-order valence-electron chi connectivity index (χ2n) is 3.23. The number of benzene rings is 2. The molecule has 0 aliphatic rings. The first-order valence-corrected chi connectivity index (χ1v) is 4.23. The predicted molar refractivity (Wildman–Crippen MR) is 76.1 cm³/mol. The Balaban J connectivity index is 0.00000112. The van der Waals surface area contributed by atoms with Crippen molar-refractivity contribution in [3.05, 3.63) is 24.3 Å². The molecule has 0 amide bonds. The monoisotopic (exact) mass is 260 g/mol. The molecular formula is C10H14Cl2N4. The van der Waals surface area contributed by atoms with Crippen LogP contribution in [-0.4, -0.2) is 0 Å². The van der Waals surface area contributed by atoms with Gasteiger partial charge >= 0.3 is 0 Å². The highest BCUT2D eigenvalue weighted by Gasteiger charge is 2.05. The zero-order valence-corrected chi connectivity index (χ0v) is 10.1. The van der Waals surface area contributed by atoms with Gasteiger partial charge in [0.05, 0.1) is 22.7 Å². The first kappa shape index (κ1) is 14.5. The summed E-state index contributed by atoms with van der Waals surface area (Å²) < 4.78 is 0. The quantitative estimate of drug-likeness (QED) is 0.544. The van der Waals surface area contributed by atoms with E-state index < -0.39 is 0 Å². The molecule has 0 aliphatic carbocycles. The fourth-order valence-electron chi connectivity index (χ4n) is 1.49. The molecule has 0 fully saturated rings. The standard InChI is InChI=1S/C10H12N4.2ClH/c11-7-3-1-5-6(10(7)14)2-4-8(12)9(5)13;;/h1-4H,11-14H2;2*1H. The normalized spacial score (nSPS) is 9.25. The van der Waals surface area contributed by atoms with Crippen LogP contribution in [0.2, 0.25) is 0 Å². The molecular weight excluding hydrogens is 247 g/mol. The molecule has 0 aromatic heterocycles. The van der Waals surface area contributed by atoms with E-state index in [1.54, 1.807) is 12.1 Å². The molecule has 88 valence electrons. The Morgan fingerprint density at radius 3 is 1.19 bits per heavy atom. The highest BCUT2D eigenvalue weighted by atomic mass is 35.5. The summed E-state index contributed by atoms with van der Waals surface area (Å²) in [5.41, 5.74) is 25.2. The summed E-state index contributed by atoms with van der Waals surface area (Å²) in [5, 5.41) is 1.69. The van der Waals surface area contributed by atoms with Gasteiger partial charge in [-0.05, 0) is 12.1 Å². The summed E-state index contributed by atoms with van der Waals surface area (Å²) >= 11 is 0. The summed E-state index contributed by atoms with van der Waals surface area (Å²) in [4.78, 5) is 0. The highest BCUT2D eigenvalue weighted by Crippen LogP contribution is 2.32. The summed E-state index contributed by atoms with van der Waals surface area (Å²) in [5.74, 6) is 0. The van der Waals surface area contributed by atoms with Crippen molar-refractivity contribution in [2.75, 3.05) is 22.9 Å². The van der Waals surface area contributed by atoms with Crippen LogP contribution in [0.1, 0.15) is 0 Å². The summed E-state index contributed by atoms with van der Waals surface area (Å²) in [6.07, 6.45) is 0. The van der Waals surface area contributed by atoms with Crippen molar-refractivity contribution in [2.45, 2.75) is 0 Å². The van der Waals surface area contributed by atoms with Crippen LogP contribution in [0.5, 0.6) is 0 Å². The zero-order chi connectivity index (χ0) is 10.3. The van der Waals surface area contributed by atoms with Crippen LogP contribution in [-0.2, 0) is 0 Å². The van der Waals surface area contributed by atoms with Crippen LogP contribution in [0.15, 0.2) is 24.3 Å². The first-order valence-electron chi connectivity index (χ1n) is 4.23.